The van der Waals surface area contributed by atoms with Gasteiger partial charge in [0.05, 0.1) is 22.8 Å². The van der Waals surface area contributed by atoms with Crippen LogP contribution in [0.25, 0.3) is 0 Å². The minimum atomic E-state index is -3.07. The Bertz CT molecular complexity index is 1690. The van der Waals surface area contributed by atoms with E-state index in [1.54, 1.807) is 44.2 Å². The fourth-order valence-corrected chi connectivity index (χ4v) is 8.20. The summed E-state index contributed by atoms with van der Waals surface area (Å²) in [5.74, 6) is -1.85. The maximum absolute atomic E-state index is 15.0. The molecule has 3 aromatic carbocycles. The highest BCUT2D eigenvalue weighted by atomic mass is 35.5. The Labute approximate surface area is 282 Å². The standard InChI is InChI=1S/C36H42Cl2N2O5S/c1-22(2)32(21-46(39,45)23(3)4)40-33(25-13-15-28(37)16-14-25)31(27-7-6-8-29(38)18-27)20-36(5,35(40)44)19-30(41)17-24-9-11-26(12-10-24)34(42)43/h6-16,18,22-23,31-33,39H,17,19-21H2,1-5H3,(H,42,43)/t31-,32-,33-,36+,46?/m1/s1. The predicted octanol–water partition coefficient (Wildman–Crippen LogP) is 8.44. The molecule has 0 saturated carbocycles. The van der Waals surface area contributed by atoms with Crippen molar-refractivity contribution in [2.24, 2.45) is 11.3 Å². The van der Waals surface area contributed by atoms with Gasteiger partial charge in [0, 0.05) is 49.8 Å². The molecular formula is C36H42Cl2N2O5S. The highest BCUT2D eigenvalue weighted by Crippen LogP contribution is 2.52. The van der Waals surface area contributed by atoms with E-state index in [9.17, 15) is 23.7 Å². The Kier molecular flexibility index (Phi) is 11.1. The van der Waals surface area contributed by atoms with Crippen molar-refractivity contribution in [1.29, 1.82) is 4.78 Å². The van der Waals surface area contributed by atoms with Gasteiger partial charge in [0.2, 0.25) is 5.91 Å². The molecule has 1 amide bonds. The molecule has 1 aliphatic rings. The van der Waals surface area contributed by atoms with Crippen LogP contribution in [0.15, 0.2) is 72.8 Å². The van der Waals surface area contributed by atoms with Gasteiger partial charge in [-0.25, -0.2) is 9.00 Å². The second kappa shape index (κ2) is 14.3. The highest BCUT2D eigenvalue weighted by molar-refractivity contribution is 7.93. The third-order valence-electron chi connectivity index (χ3n) is 9.09. The molecule has 0 bridgehead atoms. The molecule has 0 radical (unpaired) electrons. The van der Waals surface area contributed by atoms with Gasteiger partial charge in [-0.3, -0.25) is 14.4 Å². The third kappa shape index (κ3) is 8.01. The largest absolute Gasteiger partial charge is 0.478 e. The molecule has 1 heterocycles. The number of hydrogen-bond donors (Lipinski definition) is 2. The van der Waals surface area contributed by atoms with Crippen LogP contribution in [0.2, 0.25) is 10.0 Å². The number of hydrogen-bond acceptors (Lipinski definition) is 5. The smallest absolute Gasteiger partial charge is 0.335 e. The van der Waals surface area contributed by atoms with E-state index in [1.165, 1.54) is 12.1 Å². The molecule has 3 aromatic rings. The number of rotatable bonds is 12. The van der Waals surface area contributed by atoms with E-state index < -0.39 is 38.4 Å². The van der Waals surface area contributed by atoms with Crippen molar-refractivity contribution in [2.75, 3.05) is 5.75 Å². The van der Waals surface area contributed by atoms with Gasteiger partial charge in [-0.15, -0.1) is 0 Å². The van der Waals surface area contributed by atoms with E-state index in [4.69, 9.17) is 28.0 Å². The summed E-state index contributed by atoms with van der Waals surface area (Å²) in [6.07, 6.45) is 0.357. The van der Waals surface area contributed by atoms with Crippen molar-refractivity contribution in [3.8, 4) is 0 Å². The molecule has 10 heteroatoms. The molecule has 2 N–H and O–H groups in total. The molecule has 1 aliphatic heterocycles. The lowest BCUT2D eigenvalue weighted by Crippen LogP contribution is -2.59. The van der Waals surface area contributed by atoms with Crippen molar-refractivity contribution >= 4 is 50.6 Å². The Morgan fingerprint density at radius 3 is 2.15 bits per heavy atom. The summed E-state index contributed by atoms with van der Waals surface area (Å²) in [6.45, 7) is 9.29. The van der Waals surface area contributed by atoms with E-state index in [2.05, 4.69) is 0 Å². The summed E-state index contributed by atoms with van der Waals surface area (Å²) in [5, 5.41) is 9.94. The molecule has 5 atom stereocenters. The fraction of sp³-hybridized carbons (Fsp3) is 0.417. The van der Waals surface area contributed by atoms with E-state index in [0.717, 1.165) is 11.1 Å². The zero-order valence-corrected chi connectivity index (χ0v) is 29.2. The van der Waals surface area contributed by atoms with Crippen molar-refractivity contribution in [3.63, 3.8) is 0 Å². The van der Waals surface area contributed by atoms with Gasteiger partial charge in [-0.2, -0.15) is 0 Å². The van der Waals surface area contributed by atoms with Crippen molar-refractivity contribution in [2.45, 2.75) is 77.1 Å². The molecule has 4 rings (SSSR count). The van der Waals surface area contributed by atoms with Crippen molar-refractivity contribution in [3.05, 3.63) is 105 Å². The van der Waals surface area contributed by atoms with Crippen LogP contribution >= 0.6 is 23.2 Å². The Morgan fingerprint density at radius 2 is 1.61 bits per heavy atom. The van der Waals surface area contributed by atoms with Gasteiger partial charge in [0.15, 0.2) is 0 Å². The molecule has 7 nitrogen and oxygen atoms in total. The number of benzene rings is 3. The molecule has 0 spiro atoms. The van der Waals surface area contributed by atoms with Crippen LogP contribution in [0.3, 0.4) is 0 Å². The van der Waals surface area contributed by atoms with Gasteiger partial charge < -0.3 is 10.0 Å². The summed E-state index contributed by atoms with van der Waals surface area (Å²) < 4.78 is 22.4. The molecule has 0 aliphatic carbocycles. The number of halogens is 2. The van der Waals surface area contributed by atoms with Crippen LogP contribution in [0.4, 0.5) is 0 Å². The van der Waals surface area contributed by atoms with E-state index in [-0.39, 0.29) is 47.7 Å². The summed E-state index contributed by atoms with van der Waals surface area (Å²) in [7, 11) is -3.07. The maximum Gasteiger partial charge on any atom is 0.335 e. The molecule has 1 fully saturated rings. The monoisotopic (exact) mass is 684 g/mol. The van der Waals surface area contributed by atoms with Gasteiger partial charge in [-0.05, 0) is 65.4 Å². The van der Waals surface area contributed by atoms with Gasteiger partial charge in [-0.1, -0.05) is 94.2 Å². The molecular weight excluding hydrogens is 643 g/mol. The van der Waals surface area contributed by atoms with Crippen LogP contribution < -0.4 is 0 Å². The molecule has 246 valence electrons. The van der Waals surface area contributed by atoms with Crippen LogP contribution in [0.5, 0.6) is 0 Å². The Morgan fingerprint density at radius 1 is 0.978 bits per heavy atom. The molecule has 0 aromatic heterocycles. The number of amides is 1. The number of carbonyl (C=O) groups excluding carboxylic acids is 2. The van der Waals surface area contributed by atoms with Gasteiger partial charge in [0.1, 0.15) is 5.78 Å². The zero-order chi connectivity index (χ0) is 34.0. The quantitative estimate of drug-likeness (QED) is 0.199. The summed E-state index contributed by atoms with van der Waals surface area (Å²) in [4.78, 5) is 41.7. The van der Waals surface area contributed by atoms with Crippen LogP contribution in [0, 0.1) is 16.1 Å². The molecule has 1 unspecified atom stereocenters. The number of Topliss-reactive ketones (excluding diaryl/α,β-unsaturated/α-hetero) is 1. The highest BCUT2D eigenvalue weighted by Gasteiger charge is 2.53. The van der Waals surface area contributed by atoms with Gasteiger partial charge >= 0.3 is 5.97 Å². The topological polar surface area (TPSA) is 116 Å². The SMILES string of the molecule is CC(C)[C@@H](CS(=N)(=O)C(C)C)N1C(=O)[C@@](C)(CC(=O)Cc2ccc(C(=O)O)cc2)C[C@H](c2cccc(Cl)c2)[C@H]1c1ccc(Cl)cc1. The van der Waals surface area contributed by atoms with Crippen molar-refractivity contribution < 1.29 is 23.7 Å². The average molecular weight is 686 g/mol. The van der Waals surface area contributed by atoms with E-state index in [1.807, 2.05) is 56.0 Å². The lowest BCUT2D eigenvalue weighted by Gasteiger charge is -2.53. The fourth-order valence-electron chi connectivity index (χ4n) is 6.44. The van der Waals surface area contributed by atoms with Gasteiger partial charge in [0.25, 0.3) is 0 Å². The first kappa shape index (κ1) is 35.7. The molecule has 1 saturated heterocycles. The third-order valence-corrected chi connectivity index (χ3v) is 11.9. The number of carboxylic acids is 1. The number of nitrogens with zero attached hydrogens (tertiary/aromatic N) is 1. The Balaban J connectivity index is 1.85. The Hall–Kier alpha value is -3.20. The average Bonchev–Trinajstić information content (AvgIpc) is 2.98. The number of likely N-dealkylation sites (tertiary alicyclic amines) is 1. The number of aromatic carboxylic acids is 1. The first-order valence-corrected chi connectivity index (χ1v) is 18.0. The predicted molar refractivity (Wildman–Crippen MR) is 184 cm³/mol. The van der Waals surface area contributed by atoms with Crippen molar-refractivity contribution in [1.82, 2.24) is 4.90 Å². The lowest BCUT2D eigenvalue weighted by molar-refractivity contribution is -0.157. The number of carboxylic acid groups (broad SMARTS) is 1. The number of ketones is 1. The number of nitrogens with one attached hydrogen (secondary N) is 1. The first-order valence-electron chi connectivity index (χ1n) is 15.5. The first-order chi connectivity index (χ1) is 21.5. The second-order valence-electron chi connectivity index (χ2n) is 13.3. The number of piperidine rings is 1. The summed E-state index contributed by atoms with van der Waals surface area (Å²) in [6, 6.07) is 20.0. The minimum absolute atomic E-state index is 0.000378. The minimum Gasteiger partial charge on any atom is -0.478 e. The molecule has 46 heavy (non-hydrogen) atoms. The van der Waals surface area contributed by atoms with Crippen LogP contribution in [0.1, 0.15) is 86.5 Å². The lowest BCUT2D eigenvalue weighted by atomic mass is 9.66. The summed E-state index contributed by atoms with van der Waals surface area (Å²) in [5.41, 5.74) is 1.43. The van der Waals surface area contributed by atoms with Crippen LogP contribution in [-0.4, -0.2) is 48.9 Å². The zero-order valence-electron chi connectivity index (χ0n) is 26.8. The van der Waals surface area contributed by atoms with Crippen LogP contribution in [-0.2, 0) is 25.7 Å². The second-order valence-corrected chi connectivity index (χ2v) is 16.9. The normalized spacial score (nSPS) is 22.1. The summed E-state index contributed by atoms with van der Waals surface area (Å²) >= 11 is 12.8. The van der Waals surface area contributed by atoms with E-state index >= 15 is 0 Å². The maximum atomic E-state index is 15.0. The number of carbonyl (C=O) groups is 3. The van der Waals surface area contributed by atoms with E-state index in [0.29, 0.717) is 22.0 Å².